The molecule has 0 saturated heterocycles. The van der Waals surface area contributed by atoms with E-state index in [2.05, 4.69) is 25.1 Å². The van der Waals surface area contributed by atoms with E-state index in [1.807, 2.05) is 4.90 Å². The first-order chi connectivity index (χ1) is 7.63. The Kier molecular flexibility index (Phi) is 5.34. The van der Waals surface area contributed by atoms with Crippen LogP contribution in [-0.2, 0) is 4.79 Å². The van der Waals surface area contributed by atoms with Gasteiger partial charge in [-0.1, -0.05) is 19.8 Å². The van der Waals surface area contributed by atoms with E-state index in [4.69, 9.17) is 6.42 Å². The Morgan fingerprint density at radius 2 is 2.25 bits per heavy atom. The normalized spacial score (nSPS) is 14.9. The Morgan fingerprint density at radius 3 is 2.75 bits per heavy atom. The molecule has 0 unspecified atom stereocenters. The summed E-state index contributed by atoms with van der Waals surface area (Å²) in [7, 11) is 0. The zero-order chi connectivity index (χ0) is 12.0. The maximum Gasteiger partial charge on any atom is 0.224 e. The van der Waals surface area contributed by atoms with Crippen molar-refractivity contribution in [3.8, 4) is 12.3 Å². The van der Waals surface area contributed by atoms with E-state index < -0.39 is 0 Å². The second-order valence-corrected chi connectivity index (χ2v) is 4.78. The lowest BCUT2D eigenvalue weighted by atomic mass is 10.3. The van der Waals surface area contributed by atoms with Crippen LogP contribution in [0, 0.1) is 18.3 Å². The molecule has 1 N–H and O–H groups in total. The fourth-order valence-electron chi connectivity index (χ4n) is 1.60. The van der Waals surface area contributed by atoms with Crippen molar-refractivity contribution in [3.05, 3.63) is 0 Å². The molecule has 0 aliphatic heterocycles. The van der Waals surface area contributed by atoms with Gasteiger partial charge in [-0.15, -0.1) is 6.42 Å². The van der Waals surface area contributed by atoms with Gasteiger partial charge >= 0.3 is 0 Å². The average molecular weight is 222 g/mol. The maximum absolute atomic E-state index is 11.9. The molecule has 1 saturated carbocycles. The molecule has 3 nitrogen and oxygen atoms in total. The Morgan fingerprint density at radius 1 is 1.56 bits per heavy atom. The van der Waals surface area contributed by atoms with E-state index in [9.17, 15) is 4.79 Å². The predicted octanol–water partition coefficient (Wildman–Crippen LogP) is 1.25. The minimum Gasteiger partial charge on any atom is -0.331 e. The summed E-state index contributed by atoms with van der Waals surface area (Å²) in [5, 5.41) is 3.24. The van der Waals surface area contributed by atoms with Crippen molar-refractivity contribution in [2.24, 2.45) is 5.92 Å². The van der Waals surface area contributed by atoms with Crippen molar-refractivity contribution in [2.75, 3.05) is 19.6 Å². The molecular formula is C13H22N2O. The number of terminal acetylenes is 1. The lowest BCUT2D eigenvalue weighted by molar-refractivity contribution is -0.130. The Balaban J connectivity index is 2.26. The van der Waals surface area contributed by atoms with Crippen LogP contribution in [0.15, 0.2) is 0 Å². The fraction of sp³-hybridized carbons (Fsp3) is 0.769. The molecule has 0 aromatic rings. The number of carbonyl (C=O) groups is 1. The molecule has 0 aromatic heterocycles. The first-order valence-corrected chi connectivity index (χ1v) is 6.08. The summed E-state index contributed by atoms with van der Waals surface area (Å²) in [6.07, 6.45) is 8.33. The van der Waals surface area contributed by atoms with Crippen molar-refractivity contribution >= 4 is 5.91 Å². The number of nitrogens with zero attached hydrogens (tertiary/aromatic N) is 1. The highest BCUT2D eigenvalue weighted by Crippen LogP contribution is 2.29. The van der Waals surface area contributed by atoms with Gasteiger partial charge in [-0.25, -0.2) is 0 Å². The van der Waals surface area contributed by atoms with Crippen LogP contribution in [-0.4, -0.2) is 36.5 Å². The van der Waals surface area contributed by atoms with Crippen LogP contribution in [0.3, 0.4) is 0 Å². The largest absolute Gasteiger partial charge is 0.331 e. The summed E-state index contributed by atoms with van der Waals surface area (Å²) >= 11 is 0. The molecule has 1 rings (SSSR count). The highest BCUT2D eigenvalue weighted by Gasteiger charge is 2.25. The molecule has 0 heterocycles. The van der Waals surface area contributed by atoms with Gasteiger partial charge in [0.15, 0.2) is 0 Å². The van der Waals surface area contributed by atoms with Crippen LogP contribution in [0.2, 0.25) is 0 Å². The third kappa shape index (κ3) is 5.18. The third-order valence-corrected chi connectivity index (χ3v) is 2.70. The molecule has 3 heteroatoms. The molecule has 0 radical (unpaired) electrons. The van der Waals surface area contributed by atoms with Gasteiger partial charge in [0, 0.05) is 25.6 Å². The van der Waals surface area contributed by atoms with E-state index in [1.54, 1.807) is 0 Å². The third-order valence-electron chi connectivity index (χ3n) is 2.70. The van der Waals surface area contributed by atoms with Gasteiger partial charge in [-0.3, -0.25) is 4.79 Å². The summed E-state index contributed by atoms with van der Waals surface area (Å²) < 4.78 is 0. The van der Waals surface area contributed by atoms with Gasteiger partial charge in [0.05, 0.1) is 6.54 Å². The molecule has 0 aromatic carbocycles. The van der Waals surface area contributed by atoms with Gasteiger partial charge in [0.25, 0.3) is 0 Å². The van der Waals surface area contributed by atoms with Gasteiger partial charge < -0.3 is 10.2 Å². The quantitative estimate of drug-likeness (QED) is 0.657. The summed E-state index contributed by atoms with van der Waals surface area (Å²) in [5.74, 6) is 3.45. The summed E-state index contributed by atoms with van der Waals surface area (Å²) in [4.78, 5) is 13.7. The van der Waals surface area contributed by atoms with Crippen molar-refractivity contribution < 1.29 is 4.79 Å². The van der Waals surface area contributed by atoms with Crippen LogP contribution in [0.1, 0.15) is 33.1 Å². The number of rotatable bonds is 7. The number of amides is 1. The molecular weight excluding hydrogens is 200 g/mol. The number of nitrogens with one attached hydrogen (secondary N) is 1. The SMILES string of the molecule is C#CCN(CC1CC1)C(=O)CCNC(C)C. The second kappa shape index (κ2) is 6.55. The number of hydrogen-bond donors (Lipinski definition) is 1. The summed E-state index contributed by atoms with van der Waals surface area (Å²) in [6, 6.07) is 0.428. The summed E-state index contributed by atoms with van der Waals surface area (Å²) in [6.45, 7) is 6.20. The van der Waals surface area contributed by atoms with Crippen LogP contribution >= 0.6 is 0 Å². The molecule has 0 atom stereocenters. The van der Waals surface area contributed by atoms with Crippen LogP contribution < -0.4 is 5.32 Å². The number of carbonyl (C=O) groups excluding carboxylic acids is 1. The average Bonchev–Trinajstić information content (AvgIpc) is 3.00. The van der Waals surface area contributed by atoms with Crippen LogP contribution in [0.5, 0.6) is 0 Å². The molecule has 16 heavy (non-hydrogen) atoms. The van der Waals surface area contributed by atoms with E-state index in [-0.39, 0.29) is 5.91 Å². The lowest BCUT2D eigenvalue weighted by Crippen LogP contribution is -2.36. The van der Waals surface area contributed by atoms with Crippen molar-refractivity contribution in [3.63, 3.8) is 0 Å². The molecule has 90 valence electrons. The Hall–Kier alpha value is -1.01. The summed E-state index contributed by atoms with van der Waals surface area (Å²) in [5.41, 5.74) is 0. The zero-order valence-electron chi connectivity index (χ0n) is 10.3. The minimum absolute atomic E-state index is 0.179. The van der Waals surface area contributed by atoms with Crippen LogP contribution in [0.4, 0.5) is 0 Å². The van der Waals surface area contributed by atoms with Gasteiger partial charge in [0.2, 0.25) is 5.91 Å². The second-order valence-electron chi connectivity index (χ2n) is 4.78. The molecule has 1 aliphatic rings. The smallest absolute Gasteiger partial charge is 0.224 e. The predicted molar refractivity (Wildman–Crippen MR) is 65.9 cm³/mol. The van der Waals surface area contributed by atoms with Gasteiger partial charge in [-0.2, -0.15) is 0 Å². The van der Waals surface area contributed by atoms with E-state index in [1.165, 1.54) is 12.8 Å². The first kappa shape index (κ1) is 13.1. The molecule has 1 aliphatic carbocycles. The lowest BCUT2D eigenvalue weighted by Gasteiger charge is -2.20. The zero-order valence-corrected chi connectivity index (χ0v) is 10.3. The van der Waals surface area contributed by atoms with Crippen LogP contribution in [0.25, 0.3) is 0 Å². The number of hydrogen-bond acceptors (Lipinski definition) is 2. The van der Waals surface area contributed by atoms with Crippen molar-refractivity contribution in [2.45, 2.75) is 39.2 Å². The highest BCUT2D eigenvalue weighted by atomic mass is 16.2. The monoisotopic (exact) mass is 222 g/mol. The standard InChI is InChI=1S/C13H22N2O/c1-4-9-15(10-12-5-6-12)13(16)7-8-14-11(2)3/h1,11-12,14H,5-10H2,2-3H3. The molecule has 0 spiro atoms. The minimum atomic E-state index is 0.179. The fourth-order valence-corrected chi connectivity index (χ4v) is 1.60. The highest BCUT2D eigenvalue weighted by molar-refractivity contribution is 5.76. The molecule has 1 amide bonds. The van der Waals surface area contributed by atoms with Gasteiger partial charge in [0.1, 0.15) is 0 Å². The van der Waals surface area contributed by atoms with E-state index in [0.29, 0.717) is 24.9 Å². The van der Waals surface area contributed by atoms with E-state index >= 15 is 0 Å². The maximum atomic E-state index is 11.9. The topological polar surface area (TPSA) is 32.3 Å². The molecule has 1 fully saturated rings. The van der Waals surface area contributed by atoms with Crippen molar-refractivity contribution in [1.29, 1.82) is 0 Å². The van der Waals surface area contributed by atoms with Gasteiger partial charge in [-0.05, 0) is 18.8 Å². The first-order valence-electron chi connectivity index (χ1n) is 6.08. The Bertz CT molecular complexity index is 264. The Labute approximate surface area is 98.6 Å². The molecule has 0 bridgehead atoms. The van der Waals surface area contributed by atoms with E-state index in [0.717, 1.165) is 13.1 Å². The van der Waals surface area contributed by atoms with Crippen molar-refractivity contribution in [1.82, 2.24) is 10.2 Å².